The molecule has 0 aromatic carbocycles. The highest BCUT2D eigenvalue weighted by atomic mass is 16.6. The molecule has 0 amide bonds. The zero-order valence-electron chi connectivity index (χ0n) is 11.4. The first-order valence-electron chi connectivity index (χ1n) is 6.30. The second-order valence-corrected chi connectivity index (χ2v) is 5.93. The summed E-state index contributed by atoms with van der Waals surface area (Å²) in [6, 6.07) is 0. The number of carboxylic acid groups (broad SMARTS) is 2. The van der Waals surface area contributed by atoms with E-state index >= 15 is 0 Å². The van der Waals surface area contributed by atoms with E-state index in [9.17, 15) is 14.4 Å². The highest BCUT2D eigenvalue weighted by molar-refractivity contribution is 5.82. The Hall–Kier alpha value is -1.59. The van der Waals surface area contributed by atoms with Gasteiger partial charge in [0.1, 0.15) is 5.60 Å². The van der Waals surface area contributed by atoms with Crippen LogP contribution in [0.5, 0.6) is 0 Å². The van der Waals surface area contributed by atoms with Crippen LogP contribution in [-0.2, 0) is 19.1 Å². The molecule has 0 spiro atoms. The molecule has 0 radical (unpaired) electrons. The van der Waals surface area contributed by atoms with Gasteiger partial charge >= 0.3 is 17.9 Å². The van der Waals surface area contributed by atoms with E-state index in [4.69, 9.17) is 14.9 Å². The molecule has 108 valence electrons. The van der Waals surface area contributed by atoms with E-state index < -0.39 is 41.3 Å². The molecule has 0 saturated heterocycles. The monoisotopic (exact) mass is 272 g/mol. The first kappa shape index (κ1) is 15.5. The minimum absolute atomic E-state index is 0.0193. The fourth-order valence-corrected chi connectivity index (χ4v) is 2.33. The number of ether oxygens (including phenoxy) is 1. The Kier molecular flexibility index (Phi) is 4.55. The molecule has 0 aromatic heterocycles. The van der Waals surface area contributed by atoms with E-state index in [0.717, 1.165) is 0 Å². The van der Waals surface area contributed by atoms with Crippen LogP contribution in [0.1, 0.15) is 40.0 Å². The quantitative estimate of drug-likeness (QED) is 0.755. The lowest BCUT2D eigenvalue weighted by Gasteiger charge is -2.32. The third-order valence-corrected chi connectivity index (χ3v) is 3.23. The van der Waals surface area contributed by atoms with Crippen molar-refractivity contribution >= 4 is 17.9 Å². The Morgan fingerprint density at radius 3 is 2.00 bits per heavy atom. The molecule has 1 fully saturated rings. The molecule has 2 N–H and O–H groups in total. The van der Waals surface area contributed by atoms with Crippen LogP contribution in [0.25, 0.3) is 0 Å². The number of hydrogen-bond acceptors (Lipinski definition) is 4. The van der Waals surface area contributed by atoms with E-state index in [-0.39, 0.29) is 12.8 Å². The summed E-state index contributed by atoms with van der Waals surface area (Å²) in [5.41, 5.74) is -0.677. The molecule has 19 heavy (non-hydrogen) atoms. The van der Waals surface area contributed by atoms with E-state index in [1.807, 2.05) is 0 Å². The predicted octanol–water partition coefficient (Wildman–Crippen LogP) is 1.53. The summed E-state index contributed by atoms with van der Waals surface area (Å²) in [5.74, 6) is -5.13. The Morgan fingerprint density at radius 2 is 1.58 bits per heavy atom. The second-order valence-electron chi connectivity index (χ2n) is 5.93. The largest absolute Gasteiger partial charge is 0.481 e. The lowest BCUT2D eigenvalue weighted by Crippen LogP contribution is -2.40. The fraction of sp³-hybridized carbons (Fsp3) is 0.769. The number of hydrogen-bond donors (Lipinski definition) is 2. The second kappa shape index (κ2) is 5.59. The smallest absolute Gasteiger partial charge is 0.310 e. The molecule has 1 rings (SSSR count). The summed E-state index contributed by atoms with van der Waals surface area (Å²) in [4.78, 5) is 34.1. The van der Waals surface area contributed by atoms with Gasteiger partial charge in [0.05, 0.1) is 17.8 Å². The van der Waals surface area contributed by atoms with Gasteiger partial charge in [0.25, 0.3) is 0 Å². The van der Waals surface area contributed by atoms with E-state index in [2.05, 4.69) is 0 Å². The average molecular weight is 272 g/mol. The predicted molar refractivity (Wildman–Crippen MR) is 65.4 cm³/mol. The summed E-state index contributed by atoms with van der Waals surface area (Å²) in [6.45, 7) is 5.14. The zero-order chi connectivity index (χ0) is 14.8. The normalized spacial score (nSPS) is 27.6. The van der Waals surface area contributed by atoms with Crippen molar-refractivity contribution in [3.8, 4) is 0 Å². The van der Waals surface area contributed by atoms with Gasteiger partial charge in [-0.1, -0.05) is 0 Å². The fourth-order valence-electron chi connectivity index (χ4n) is 2.33. The molecule has 0 aliphatic heterocycles. The molecule has 1 saturated carbocycles. The molecule has 3 unspecified atom stereocenters. The van der Waals surface area contributed by atoms with Crippen LogP contribution in [0.15, 0.2) is 0 Å². The van der Waals surface area contributed by atoms with Crippen LogP contribution >= 0.6 is 0 Å². The molecular weight excluding hydrogens is 252 g/mol. The molecule has 1 aliphatic rings. The van der Waals surface area contributed by atoms with Crippen molar-refractivity contribution in [3.63, 3.8) is 0 Å². The topological polar surface area (TPSA) is 101 Å². The van der Waals surface area contributed by atoms with Crippen molar-refractivity contribution in [3.05, 3.63) is 0 Å². The highest BCUT2D eigenvalue weighted by Crippen LogP contribution is 2.35. The Labute approximate surface area is 111 Å². The number of carbonyl (C=O) groups excluding carboxylic acids is 1. The maximum atomic E-state index is 12.0. The van der Waals surface area contributed by atoms with E-state index in [1.165, 1.54) is 0 Å². The van der Waals surface area contributed by atoms with Crippen molar-refractivity contribution in [1.29, 1.82) is 0 Å². The number of esters is 1. The number of aliphatic carboxylic acids is 2. The van der Waals surface area contributed by atoms with Gasteiger partial charge in [0.2, 0.25) is 0 Å². The third kappa shape index (κ3) is 4.22. The maximum absolute atomic E-state index is 12.0. The van der Waals surface area contributed by atoms with Crippen molar-refractivity contribution < 1.29 is 29.3 Å². The van der Waals surface area contributed by atoms with Crippen molar-refractivity contribution in [1.82, 2.24) is 0 Å². The lowest BCUT2D eigenvalue weighted by molar-refractivity contribution is -0.170. The van der Waals surface area contributed by atoms with Gasteiger partial charge in [-0.25, -0.2) is 0 Å². The summed E-state index contributed by atoms with van der Waals surface area (Å²) in [6.07, 6.45) is 0.528. The zero-order valence-corrected chi connectivity index (χ0v) is 11.4. The van der Waals surface area contributed by atoms with E-state index in [0.29, 0.717) is 6.42 Å². The van der Waals surface area contributed by atoms with Gasteiger partial charge in [-0.2, -0.15) is 0 Å². The van der Waals surface area contributed by atoms with Crippen LogP contribution in [0, 0.1) is 17.8 Å². The Morgan fingerprint density at radius 1 is 1.00 bits per heavy atom. The van der Waals surface area contributed by atoms with Crippen molar-refractivity contribution in [2.24, 2.45) is 17.8 Å². The van der Waals surface area contributed by atoms with Crippen molar-refractivity contribution in [2.75, 3.05) is 0 Å². The minimum atomic E-state index is -1.14. The molecule has 6 nitrogen and oxygen atoms in total. The number of carbonyl (C=O) groups is 3. The Bertz CT molecular complexity index is 381. The standard InChI is InChI=1S/C13H20O6/c1-13(2,3)19-12(18)8-5-4-7(10(14)15)6-9(8)11(16)17/h7-9H,4-6H2,1-3H3,(H,14,15)(H,16,17). The van der Waals surface area contributed by atoms with Gasteiger partial charge in [-0.05, 0) is 40.0 Å². The summed E-state index contributed by atoms with van der Waals surface area (Å²) >= 11 is 0. The molecule has 3 atom stereocenters. The first-order valence-corrected chi connectivity index (χ1v) is 6.30. The van der Waals surface area contributed by atoms with Crippen LogP contribution in [0.2, 0.25) is 0 Å². The van der Waals surface area contributed by atoms with Crippen molar-refractivity contribution in [2.45, 2.75) is 45.6 Å². The molecule has 6 heteroatoms. The van der Waals surface area contributed by atoms with Crippen LogP contribution in [0.4, 0.5) is 0 Å². The molecule has 0 aromatic rings. The highest BCUT2D eigenvalue weighted by Gasteiger charge is 2.43. The summed E-state index contributed by atoms with van der Waals surface area (Å²) in [5, 5.41) is 18.1. The van der Waals surface area contributed by atoms with Crippen LogP contribution in [0.3, 0.4) is 0 Å². The average Bonchev–Trinajstić information content (AvgIpc) is 2.25. The lowest BCUT2D eigenvalue weighted by atomic mass is 9.74. The summed E-state index contributed by atoms with van der Waals surface area (Å²) in [7, 11) is 0. The minimum Gasteiger partial charge on any atom is -0.481 e. The molecule has 1 aliphatic carbocycles. The SMILES string of the molecule is CC(C)(C)OC(=O)C1CCC(C(=O)O)CC1C(=O)O. The van der Waals surface area contributed by atoms with Crippen LogP contribution in [-0.4, -0.2) is 33.7 Å². The first-order chi connectivity index (χ1) is 8.61. The number of rotatable bonds is 3. The molecule has 0 heterocycles. The molecular formula is C13H20O6. The van der Waals surface area contributed by atoms with Gasteiger partial charge < -0.3 is 14.9 Å². The van der Waals surface area contributed by atoms with E-state index in [1.54, 1.807) is 20.8 Å². The summed E-state index contributed by atoms with van der Waals surface area (Å²) < 4.78 is 5.20. The van der Waals surface area contributed by atoms with Gasteiger partial charge in [0, 0.05) is 0 Å². The van der Waals surface area contributed by atoms with Gasteiger partial charge in [0.15, 0.2) is 0 Å². The molecule has 0 bridgehead atoms. The maximum Gasteiger partial charge on any atom is 0.310 e. The Balaban J connectivity index is 2.80. The van der Waals surface area contributed by atoms with Gasteiger partial charge in [-0.3, -0.25) is 14.4 Å². The third-order valence-electron chi connectivity index (χ3n) is 3.23. The number of carboxylic acids is 2. The van der Waals surface area contributed by atoms with Gasteiger partial charge in [-0.15, -0.1) is 0 Å². The van der Waals surface area contributed by atoms with Crippen LogP contribution < -0.4 is 0 Å².